The molecule has 0 bridgehead atoms. The minimum atomic E-state index is -0.188. The Bertz CT molecular complexity index is 518. The largest absolute Gasteiger partial charge is 0.299 e. The van der Waals surface area contributed by atoms with Gasteiger partial charge in [0, 0.05) is 11.8 Å². The minimum absolute atomic E-state index is 0.0000321. The Hall–Kier alpha value is -1.03. The van der Waals surface area contributed by atoms with Gasteiger partial charge in [-0.25, -0.2) is 0 Å². The van der Waals surface area contributed by atoms with Crippen molar-refractivity contribution in [1.29, 1.82) is 0 Å². The van der Waals surface area contributed by atoms with Crippen LogP contribution in [0.1, 0.15) is 65.7 Å². The van der Waals surface area contributed by atoms with Gasteiger partial charge >= 0.3 is 0 Å². The number of allylic oxidation sites excluding steroid dienone is 2. The molecule has 0 amide bonds. The molecule has 0 unspecified atom stereocenters. The van der Waals surface area contributed by atoms with Crippen LogP contribution in [0.25, 0.3) is 0 Å². The summed E-state index contributed by atoms with van der Waals surface area (Å²) in [6.07, 6.45) is 15.8. The average Bonchev–Trinajstić information content (AvgIpc) is 2.43. The summed E-state index contributed by atoms with van der Waals surface area (Å²) in [5, 5.41) is 0. The Labute approximate surface area is 123 Å². The summed E-state index contributed by atoms with van der Waals surface area (Å²) in [5.41, 5.74) is 1.46. The van der Waals surface area contributed by atoms with E-state index in [4.69, 9.17) is 6.42 Å². The lowest BCUT2D eigenvalue weighted by Gasteiger charge is -2.59. The molecule has 0 radical (unpaired) electrons. The van der Waals surface area contributed by atoms with Crippen LogP contribution in [0.2, 0.25) is 0 Å². The first-order chi connectivity index (χ1) is 9.37. The molecule has 0 aromatic heterocycles. The van der Waals surface area contributed by atoms with Crippen molar-refractivity contribution in [3.8, 4) is 12.3 Å². The normalized spacial score (nSPS) is 43.0. The second-order valence-electron chi connectivity index (χ2n) is 7.89. The van der Waals surface area contributed by atoms with E-state index in [0.717, 1.165) is 38.5 Å². The van der Waals surface area contributed by atoms with Crippen LogP contribution in [-0.2, 0) is 4.79 Å². The predicted octanol–water partition coefficient (Wildman–Crippen LogP) is 4.52. The topological polar surface area (TPSA) is 17.1 Å². The van der Waals surface area contributed by atoms with Gasteiger partial charge in [-0.1, -0.05) is 32.8 Å². The fraction of sp³-hybridized carbons (Fsp3) is 0.737. The lowest BCUT2D eigenvalue weighted by molar-refractivity contribution is -0.141. The van der Waals surface area contributed by atoms with E-state index in [0.29, 0.717) is 11.7 Å². The number of rotatable bonds is 0. The summed E-state index contributed by atoms with van der Waals surface area (Å²) in [7, 11) is 0. The van der Waals surface area contributed by atoms with Gasteiger partial charge in [-0.15, -0.1) is 6.42 Å². The number of ketones is 1. The van der Waals surface area contributed by atoms with Gasteiger partial charge in [0.05, 0.1) is 5.41 Å². The van der Waals surface area contributed by atoms with Gasteiger partial charge in [-0.2, -0.15) is 0 Å². The molecule has 2 saturated carbocycles. The van der Waals surface area contributed by atoms with Gasteiger partial charge in [0.25, 0.3) is 0 Å². The van der Waals surface area contributed by atoms with E-state index in [1.807, 2.05) is 0 Å². The van der Waals surface area contributed by atoms with E-state index >= 15 is 0 Å². The predicted molar refractivity (Wildman–Crippen MR) is 82.1 cm³/mol. The smallest absolute Gasteiger partial charge is 0.138 e. The maximum absolute atomic E-state index is 12.4. The van der Waals surface area contributed by atoms with E-state index in [1.54, 1.807) is 0 Å². The van der Waals surface area contributed by atoms with Crippen molar-refractivity contribution in [3.63, 3.8) is 0 Å². The molecule has 1 nitrogen and oxygen atoms in total. The van der Waals surface area contributed by atoms with Crippen molar-refractivity contribution in [1.82, 2.24) is 0 Å². The van der Waals surface area contributed by atoms with Crippen LogP contribution in [0.4, 0.5) is 0 Å². The molecule has 1 heteroatoms. The lowest BCUT2D eigenvalue weighted by Crippen LogP contribution is -2.54. The van der Waals surface area contributed by atoms with Crippen molar-refractivity contribution in [3.05, 3.63) is 11.6 Å². The highest BCUT2D eigenvalue weighted by molar-refractivity contribution is 5.85. The zero-order valence-electron chi connectivity index (χ0n) is 13.1. The molecule has 3 atom stereocenters. The van der Waals surface area contributed by atoms with Crippen molar-refractivity contribution < 1.29 is 4.79 Å². The molecule has 0 heterocycles. The quantitative estimate of drug-likeness (QED) is 0.467. The molecule has 3 aliphatic carbocycles. The van der Waals surface area contributed by atoms with E-state index in [-0.39, 0.29) is 16.2 Å². The van der Waals surface area contributed by atoms with Gasteiger partial charge in [-0.3, -0.25) is 4.79 Å². The van der Waals surface area contributed by atoms with Crippen LogP contribution in [0.3, 0.4) is 0 Å². The number of fused-ring (bicyclic) bond motifs is 3. The van der Waals surface area contributed by atoms with E-state index < -0.39 is 0 Å². The molecule has 3 rings (SSSR count). The number of carbonyl (C=O) groups excluding carboxylic acids is 1. The molecule has 0 saturated heterocycles. The van der Waals surface area contributed by atoms with Crippen molar-refractivity contribution in [2.45, 2.75) is 65.7 Å². The van der Waals surface area contributed by atoms with Gasteiger partial charge in [-0.05, 0) is 55.4 Å². The highest BCUT2D eigenvalue weighted by Gasteiger charge is 2.58. The number of hydrogen-bond acceptors (Lipinski definition) is 1. The highest BCUT2D eigenvalue weighted by Crippen LogP contribution is 2.65. The number of terminal acetylenes is 1. The third-order valence-electron chi connectivity index (χ3n) is 6.65. The third kappa shape index (κ3) is 1.60. The fourth-order valence-electron chi connectivity index (χ4n) is 5.49. The van der Waals surface area contributed by atoms with Crippen LogP contribution >= 0.6 is 0 Å². The van der Waals surface area contributed by atoms with Gasteiger partial charge in [0.2, 0.25) is 0 Å². The van der Waals surface area contributed by atoms with E-state index in [1.165, 1.54) is 12.0 Å². The zero-order valence-corrected chi connectivity index (χ0v) is 13.1. The average molecular weight is 270 g/mol. The lowest BCUT2D eigenvalue weighted by atomic mass is 9.44. The summed E-state index contributed by atoms with van der Waals surface area (Å²) in [4.78, 5) is 12.4. The van der Waals surface area contributed by atoms with Crippen LogP contribution in [0, 0.1) is 34.5 Å². The molecular weight excluding hydrogens is 244 g/mol. The van der Waals surface area contributed by atoms with Crippen molar-refractivity contribution in [2.75, 3.05) is 0 Å². The second-order valence-corrected chi connectivity index (χ2v) is 7.89. The zero-order chi connectivity index (χ0) is 14.6. The Kier molecular flexibility index (Phi) is 2.95. The number of hydrogen-bond donors (Lipinski definition) is 0. The second kappa shape index (κ2) is 4.23. The van der Waals surface area contributed by atoms with Crippen molar-refractivity contribution in [2.24, 2.45) is 22.2 Å². The van der Waals surface area contributed by atoms with Crippen LogP contribution in [-0.4, -0.2) is 5.78 Å². The van der Waals surface area contributed by atoms with Crippen molar-refractivity contribution >= 4 is 5.78 Å². The van der Waals surface area contributed by atoms with Gasteiger partial charge < -0.3 is 0 Å². The molecule has 0 N–H and O–H groups in total. The summed E-state index contributed by atoms with van der Waals surface area (Å²) in [5.74, 6) is 4.07. The Balaban J connectivity index is 2.10. The fourth-order valence-corrected chi connectivity index (χ4v) is 5.49. The molecule has 0 aromatic rings. The standard InChI is InChI=1S/C19H26O/c1-5-19-11-7-6-8-15(19)18(4)12-10-16(20)17(2,3)14(18)9-13-19/h1,8,14H,6-7,9-13H2,2-4H3/t14-,18-,19+/m0/s1. The van der Waals surface area contributed by atoms with Crippen LogP contribution in [0.5, 0.6) is 0 Å². The van der Waals surface area contributed by atoms with Crippen LogP contribution < -0.4 is 0 Å². The summed E-state index contributed by atoms with van der Waals surface area (Å²) < 4.78 is 0. The maximum atomic E-state index is 12.4. The molecule has 108 valence electrons. The first kappa shape index (κ1) is 13.9. The SMILES string of the molecule is C#C[C@]12CCCC=C1[C@@]1(C)CCC(=O)C(C)(C)[C@@H]1CC2. The number of Topliss-reactive ketones (excluding diaryl/α,β-unsaturated/α-hetero) is 1. The highest BCUT2D eigenvalue weighted by atomic mass is 16.1. The molecule has 20 heavy (non-hydrogen) atoms. The summed E-state index contributed by atoms with van der Waals surface area (Å²) in [6.45, 7) is 6.70. The Morgan fingerprint density at radius 1 is 1.25 bits per heavy atom. The Morgan fingerprint density at radius 3 is 2.70 bits per heavy atom. The maximum Gasteiger partial charge on any atom is 0.138 e. The molecule has 0 aromatic carbocycles. The molecule has 2 fully saturated rings. The molecule has 0 aliphatic heterocycles. The number of carbonyl (C=O) groups is 1. The Morgan fingerprint density at radius 2 is 2.00 bits per heavy atom. The monoisotopic (exact) mass is 270 g/mol. The molecule has 3 aliphatic rings. The molecular formula is C19H26O. The summed E-state index contributed by atoms with van der Waals surface area (Å²) >= 11 is 0. The first-order valence-electron chi connectivity index (χ1n) is 8.09. The first-order valence-corrected chi connectivity index (χ1v) is 8.09. The minimum Gasteiger partial charge on any atom is -0.299 e. The van der Waals surface area contributed by atoms with Gasteiger partial charge in [0.15, 0.2) is 0 Å². The van der Waals surface area contributed by atoms with Crippen LogP contribution in [0.15, 0.2) is 11.6 Å². The van der Waals surface area contributed by atoms with Gasteiger partial charge in [0.1, 0.15) is 5.78 Å². The molecule has 0 spiro atoms. The third-order valence-corrected chi connectivity index (χ3v) is 6.65. The van der Waals surface area contributed by atoms with E-state index in [2.05, 4.69) is 32.8 Å². The van der Waals surface area contributed by atoms with E-state index in [9.17, 15) is 4.79 Å². The summed E-state index contributed by atoms with van der Waals surface area (Å²) in [6, 6.07) is 0.